The lowest BCUT2D eigenvalue weighted by molar-refractivity contribution is 0.270. The molecule has 5 heteroatoms. The number of halogens is 1. The minimum Gasteiger partial charge on any atom is -0.316 e. The fourth-order valence-corrected chi connectivity index (χ4v) is 2.33. The zero-order chi connectivity index (χ0) is 13.0. The molecule has 1 fully saturated rings. The number of hydrogen-bond acceptors (Lipinski definition) is 4. The summed E-state index contributed by atoms with van der Waals surface area (Å²) in [5.74, 6) is -0.162. The Kier molecular flexibility index (Phi) is 4.52. The molecule has 0 amide bonds. The van der Waals surface area contributed by atoms with Crippen molar-refractivity contribution in [1.82, 2.24) is 10.2 Å². The van der Waals surface area contributed by atoms with Gasteiger partial charge >= 0.3 is 0 Å². The Morgan fingerprint density at radius 3 is 3.00 bits per heavy atom. The lowest BCUT2D eigenvalue weighted by Gasteiger charge is -2.17. The SMILES string of the molecule is CNC1CCN(Cc2cc(NOC)ccc2F)C1. The van der Waals surface area contributed by atoms with Crippen molar-refractivity contribution in [2.45, 2.75) is 19.0 Å². The summed E-state index contributed by atoms with van der Waals surface area (Å²) in [5.41, 5.74) is 4.20. The first kappa shape index (κ1) is 13.3. The molecule has 1 heterocycles. The van der Waals surface area contributed by atoms with E-state index in [1.165, 1.54) is 6.07 Å². The first-order valence-corrected chi connectivity index (χ1v) is 6.20. The molecular formula is C13H20FN3O. The van der Waals surface area contributed by atoms with Gasteiger partial charge in [0.2, 0.25) is 0 Å². The van der Waals surface area contributed by atoms with Crippen LogP contribution in [0.3, 0.4) is 0 Å². The molecule has 1 atom stereocenters. The van der Waals surface area contributed by atoms with Gasteiger partial charge in [-0.05, 0) is 31.7 Å². The van der Waals surface area contributed by atoms with E-state index in [1.54, 1.807) is 19.2 Å². The quantitative estimate of drug-likeness (QED) is 0.781. The standard InChI is InChI=1S/C13H20FN3O/c1-15-12-5-6-17(9-12)8-10-7-11(16-18-2)3-4-13(10)14/h3-4,7,12,15-16H,5-6,8-9H2,1-2H3. The fourth-order valence-electron chi connectivity index (χ4n) is 2.33. The molecule has 1 aliphatic rings. The topological polar surface area (TPSA) is 36.5 Å². The number of hydrogen-bond donors (Lipinski definition) is 2. The molecule has 0 bridgehead atoms. The zero-order valence-electron chi connectivity index (χ0n) is 10.9. The average molecular weight is 253 g/mol. The van der Waals surface area contributed by atoms with Gasteiger partial charge in [0.25, 0.3) is 0 Å². The van der Waals surface area contributed by atoms with Crippen LogP contribution in [0, 0.1) is 5.82 Å². The van der Waals surface area contributed by atoms with Crippen molar-refractivity contribution >= 4 is 5.69 Å². The highest BCUT2D eigenvalue weighted by molar-refractivity contribution is 5.44. The van der Waals surface area contributed by atoms with Gasteiger partial charge < -0.3 is 5.32 Å². The number of likely N-dealkylation sites (N-methyl/N-ethyl adjacent to an activating group) is 1. The molecule has 0 saturated carbocycles. The van der Waals surface area contributed by atoms with Crippen LogP contribution in [-0.4, -0.2) is 38.2 Å². The third-order valence-corrected chi connectivity index (χ3v) is 3.34. The van der Waals surface area contributed by atoms with Gasteiger partial charge in [0.15, 0.2) is 0 Å². The molecule has 2 rings (SSSR count). The number of nitrogens with zero attached hydrogens (tertiary/aromatic N) is 1. The van der Waals surface area contributed by atoms with Crippen LogP contribution < -0.4 is 10.8 Å². The summed E-state index contributed by atoms with van der Waals surface area (Å²) < 4.78 is 13.7. The van der Waals surface area contributed by atoms with E-state index in [-0.39, 0.29) is 5.82 Å². The minimum atomic E-state index is -0.162. The molecular weight excluding hydrogens is 233 g/mol. The molecule has 0 spiro atoms. The van der Waals surface area contributed by atoms with E-state index in [2.05, 4.69) is 15.7 Å². The first-order valence-electron chi connectivity index (χ1n) is 6.20. The van der Waals surface area contributed by atoms with Crippen LogP contribution in [0.15, 0.2) is 18.2 Å². The van der Waals surface area contributed by atoms with Crippen molar-refractivity contribution in [3.05, 3.63) is 29.6 Å². The third-order valence-electron chi connectivity index (χ3n) is 3.34. The lowest BCUT2D eigenvalue weighted by Crippen LogP contribution is -2.29. The second-order valence-electron chi connectivity index (χ2n) is 4.62. The predicted octanol–water partition coefficient (Wildman–Crippen LogP) is 1.59. The lowest BCUT2D eigenvalue weighted by atomic mass is 10.2. The molecule has 2 N–H and O–H groups in total. The first-order chi connectivity index (χ1) is 8.72. The summed E-state index contributed by atoms with van der Waals surface area (Å²) in [7, 11) is 3.51. The van der Waals surface area contributed by atoms with Crippen molar-refractivity contribution in [3.63, 3.8) is 0 Å². The maximum atomic E-state index is 13.7. The van der Waals surface area contributed by atoms with E-state index in [4.69, 9.17) is 4.84 Å². The number of benzene rings is 1. The Hall–Kier alpha value is -1.17. The van der Waals surface area contributed by atoms with Crippen LogP contribution in [0.4, 0.5) is 10.1 Å². The molecule has 1 unspecified atom stereocenters. The maximum Gasteiger partial charge on any atom is 0.127 e. The maximum absolute atomic E-state index is 13.7. The molecule has 0 radical (unpaired) electrons. The molecule has 1 aromatic carbocycles. The van der Waals surface area contributed by atoms with Gasteiger partial charge in [-0.15, -0.1) is 0 Å². The van der Waals surface area contributed by atoms with Gasteiger partial charge in [-0.1, -0.05) is 0 Å². The largest absolute Gasteiger partial charge is 0.316 e. The van der Waals surface area contributed by atoms with Gasteiger partial charge in [-0.2, -0.15) is 0 Å². The van der Waals surface area contributed by atoms with E-state index in [9.17, 15) is 4.39 Å². The third kappa shape index (κ3) is 3.19. The Balaban J connectivity index is 2.02. The van der Waals surface area contributed by atoms with Crippen molar-refractivity contribution < 1.29 is 9.23 Å². The van der Waals surface area contributed by atoms with E-state index in [0.717, 1.165) is 25.2 Å². The number of nitrogens with one attached hydrogen (secondary N) is 2. The van der Waals surface area contributed by atoms with E-state index in [1.807, 2.05) is 7.05 Å². The van der Waals surface area contributed by atoms with Gasteiger partial charge in [0.05, 0.1) is 12.8 Å². The van der Waals surface area contributed by atoms with E-state index >= 15 is 0 Å². The highest BCUT2D eigenvalue weighted by Crippen LogP contribution is 2.19. The number of anilines is 1. The molecule has 4 nitrogen and oxygen atoms in total. The summed E-state index contributed by atoms with van der Waals surface area (Å²) in [6.07, 6.45) is 1.12. The van der Waals surface area contributed by atoms with Crippen LogP contribution in [0.5, 0.6) is 0 Å². The zero-order valence-corrected chi connectivity index (χ0v) is 10.9. The van der Waals surface area contributed by atoms with Gasteiger partial charge in [0.1, 0.15) is 5.82 Å². The molecule has 1 aliphatic heterocycles. The molecule has 1 saturated heterocycles. The average Bonchev–Trinajstić information content (AvgIpc) is 2.81. The summed E-state index contributed by atoms with van der Waals surface area (Å²) >= 11 is 0. The second kappa shape index (κ2) is 6.13. The molecule has 100 valence electrons. The summed E-state index contributed by atoms with van der Waals surface area (Å²) in [5, 5.41) is 3.26. The van der Waals surface area contributed by atoms with Crippen LogP contribution >= 0.6 is 0 Å². The smallest absolute Gasteiger partial charge is 0.127 e. The molecule has 18 heavy (non-hydrogen) atoms. The van der Waals surface area contributed by atoms with E-state index < -0.39 is 0 Å². The van der Waals surface area contributed by atoms with Crippen molar-refractivity contribution in [2.75, 3.05) is 32.7 Å². The summed E-state index contributed by atoms with van der Waals surface area (Å²) in [6.45, 7) is 2.62. The normalized spacial score (nSPS) is 20.3. The van der Waals surface area contributed by atoms with Crippen LogP contribution in [0.2, 0.25) is 0 Å². The van der Waals surface area contributed by atoms with Crippen molar-refractivity contribution in [2.24, 2.45) is 0 Å². The monoisotopic (exact) mass is 253 g/mol. The highest BCUT2D eigenvalue weighted by Gasteiger charge is 2.21. The number of likely N-dealkylation sites (tertiary alicyclic amines) is 1. The van der Waals surface area contributed by atoms with Gasteiger partial charge in [-0.25, -0.2) is 4.39 Å². The second-order valence-corrected chi connectivity index (χ2v) is 4.62. The summed E-state index contributed by atoms with van der Waals surface area (Å²) in [4.78, 5) is 7.09. The predicted molar refractivity (Wildman–Crippen MR) is 69.8 cm³/mol. The molecule has 0 aromatic heterocycles. The Morgan fingerprint density at radius 2 is 2.33 bits per heavy atom. The van der Waals surface area contributed by atoms with Crippen LogP contribution in [0.1, 0.15) is 12.0 Å². The van der Waals surface area contributed by atoms with Crippen LogP contribution in [0.25, 0.3) is 0 Å². The van der Waals surface area contributed by atoms with Crippen molar-refractivity contribution in [3.8, 4) is 0 Å². The minimum absolute atomic E-state index is 0.162. The number of rotatable bonds is 5. The Bertz CT molecular complexity index is 400. The van der Waals surface area contributed by atoms with E-state index in [0.29, 0.717) is 18.2 Å². The Labute approximate surface area is 107 Å². The van der Waals surface area contributed by atoms with Gasteiger partial charge in [0, 0.05) is 31.2 Å². The summed E-state index contributed by atoms with van der Waals surface area (Å²) in [6, 6.07) is 5.46. The highest BCUT2D eigenvalue weighted by atomic mass is 19.1. The van der Waals surface area contributed by atoms with Crippen LogP contribution in [-0.2, 0) is 11.4 Å². The van der Waals surface area contributed by atoms with Crippen molar-refractivity contribution in [1.29, 1.82) is 0 Å². The fraction of sp³-hybridized carbons (Fsp3) is 0.538. The van der Waals surface area contributed by atoms with Gasteiger partial charge in [-0.3, -0.25) is 15.2 Å². The molecule has 1 aromatic rings. The Morgan fingerprint density at radius 1 is 1.50 bits per heavy atom. The molecule has 0 aliphatic carbocycles.